The number of ether oxygens (including phenoxy) is 3. The minimum Gasteiger partial charge on any atom is -0.480 e. The Kier molecular flexibility index (Phi) is 9.73. The summed E-state index contributed by atoms with van der Waals surface area (Å²) in [5.41, 5.74) is 1.54. The number of carboxylic acids is 4. The number of para-hydroxylation sites is 1. The van der Waals surface area contributed by atoms with E-state index in [9.17, 15) is 44.4 Å². The Morgan fingerprint density at radius 1 is 0.750 bits per heavy atom. The van der Waals surface area contributed by atoms with Crippen molar-refractivity contribution in [3.63, 3.8) is 0 Å². The van der Waals surface area contributed by atoms with Crippen LogP contribution in [0.3, 0.4) is 0 Å². The van der Waals surface area contributed by atoms with Crippen molar-refractivity contribution in [3.8, 4) is 11.5 Å². The second-order valence-corrected chi connectivity index (χ2v) is 11.2. The molecule has 0 aromatic heterocycles. The normalized spacial score (nSPS) is 18.0. The zero-order valence-electron chi connectivity index (χ0n) is 25.5. The van der Waals surface area contributed by atoms with Gasteiger partial charge in [0.2, 0.25) is 0 Å². The zero-order valence-corrected chi connectivity index (χ0v) is 25.5. The third-order valence-electron chi connectivity index (χ3n) is 8.18. The van der Waals surface area contributed by atoms with Crippen molar-refractivity contribution >= 4 is 40.6 Å². The lowest BCUT2D eigenvalue weighted by Crippen LogP contribution is -2.53. The second kappa shape index (κ2) is 13.9. The molecule has 0 aliphatic carbocycles. The zero-order chi connectivity index (χ0) is 34.6. The van der Waals surface area contributed by atoms with E-state index in [1.54, 1.807) is 43.3 Å². The van der Waals surface area contributed by atoms with E-state index in [1.807, 2.05) is 60.7 Å². The van der Waals surface area contributed by atoms with Crippen LogP contribution in [-0.2, 0) is 39.9 Å². The predicted molar refractivity (Wildman–Crippen MR) is 168 cm³/mol. The van der Waals surface area contributed by atoms with E-state index in [0.717, 1.165) is 21.2 Å². The maximum absolute atomic E-state index is 14.0. The fraction of sp³-hybridized carbons (Fsp3) is 0.229. The van der Waals surface area contributed by atoms with Crippen LogP contribution in [0.2, 0.25) is 0 Å². The van der Waals surface area contributed by atoms with Gasteiger partial charge in [-0.1, -0.05) is 72.8 Å². The number of nitrogens with zero attached hydrogens (tertiary/aromatic N) is 1. The summed E-state index contributed by atoms with van der Waals surface area (Å²) < 4.78 is 15.8. The molecule has 48 heavy (non-hydrogen) atoms. The highest BCUT2D eigenvalue weighted by molar-refractivity contribution is 6.02. The van der Waals surface area contributed by atoms with Gasteiger partial charge in [0.25, 0.3) is 5.91 Å². The number of hydrogen-bond donors (Lipinski definition) is 4. The van der Waals surface area contributed by atoms with E-state index in [0.29, 0.717) is 17.1 Å². The number of carbonyl (C=O) groups is 5. The highest BCUT2D eigenvalue weighted by Crippen LogP contribution is 2.36. The largest absolute Gasteiger partial charge is 0.480 e. The number of rotatable bonds is 13. The van der Waals surface area contributed by atoms with Crippen molar-refractivity contribution in [2.24, 2.45) is 0 Å². The molecule has 0 spiro atoms. The molecule has 13 heteroatoms. The topological polar surface area (TPSA) is 197 Å². The molecule has 4 unspecified atom stereocenters. The Balaban J connectivity index is 1.55. The maximum Gasteiger partial charge on any atom is 0.377 e. The molecule has 1 amide bonds. The molecule has 4 atom stereocenters. The number of aliphatic carboxylic acids is 4. The van der Waals surface area contributed by atoms with Crippen molar-refractivity contribution in [1.29, 1.82) is 0 Å². The van der Waals surface area contributed by atoms with Crippen LogP contribution >= 0.6 is 0 Å². The van der Waals surface area contributed by atoms with Gasteiger partial charge in [0.05, 0.1) is 0 Å². The average molecular weight is 658 g/mol. The van der Waals surface area contributed by atoms with Gasteiger partial charge in [-0.05, 0) is 59.5 Å². The van der Waals surface area contributed by atoms with Crippen LogP contribution in [0.25, 0.3) is 10.8 Å². The highest BCUT2D eigenvalue weighted by atomic mass is 16.8. The standard InChI is InChI=1S/C35H31NO12/c1-20(36(19-28(37)38)31(39)29-30(32(40)41)48-35(47-29,33(42)43)34(44)45)27(18-23-10-7-9-21-8-5-6-13-26(21)23)22-14-16-25(17-15-22)46-24-11-3-2-4-12-24/h2-17,20,27,29-30H,18-19H2,1H3,(H,37,38)(H,40,41)(H,42,43)(H,44,45). The van der Waals surface area contributed by atoms with Crippen molar-refractivity contribution in [2.75, 3.05) is 6.54 Å². The van der Waals surface area contributed by atoms with Crippen LogP contribution in [0.5, 0.6) is 11.5 Å². The minimum atomic E-state index is -3.50. The van der Waals surface area contributed by atoms with Crippen LogP contribution in [0.15, 0.2) is 97.1 Å². The first-order chi connectivity index (χ1) is 22.9. The molecule has 1 heterocycles. The second-order valence-electron chi connectivity index (χ2n) is 11.2. The van der Waals surface area contributed by atoms with Crippen molar-refractivity contribution in [1.82, 2.24) is 4.90 Å². The van der Waals surface area contributed by atoms with E-state index in [1.165, 1.54) is 0 Å². The van der Waals surface area contributed by atoms with Crippen LogP contribution in [0, 0.1) is 0 Å². The van der Waals surface area contributed by atoms with E-state index in [2.05, 4.69) is 0 Å². The molecule has 0 radical (unpaired) electrons. The van der Waals surface area contributed by atoms with Crippen LogP contribution in [-0.4, -0.2) is 85.7 Å². The summed E-state index contributed by atoms with van der Waals surface area (Å²) in [7, 11) is 0. The van der Waals surface area contributed by atoms with E-state index < -0.39 is 66.3 Å². The van der Waals surface area contributed by atoms with Gasteiger partial charge in [0.1, 0.15) is 18.0 Å². The number of amides is 1. The number of carboxylic acid groups (broad SMARTS) is 4. The summed E-state index contributed by atoms with van der Waals surface area (Å²) in [6.45, 7) is 0.624. The molecule has 1 saturated heterocycles. The Hall–Kier alpha value is -5.79. The third kappa shape index (κ3) is 6.82. The Morgan fingerprint density at radius 2 is 1.33 bits per heavy atom. The molecule has 4 aromatic carbocycles. The maximum atomic E-state index is 14.0. The number of carbonyl (C=O) groups excluding carboxylic acids is 1. The molecular weight excluding hydrogens is 626 g/mol. The third-order valence-corrected chi connectivity index (χ3v) is 8.18. The first kappa shape index (κ1) is 33.6. The van der Waals surface area contributed by atoms with Gasteiger partial charge >= 0.3 is 29.7 Å². The molecule has 0 saturated carbocycles. The molecule has 248 valence electrons. The van der Waals surface area contributed by atoms with Gasteiger partial charge in [-0.15, -0.1) is 0 Å². The molecule has 0 bridgehead atoms. The Bertz CT molecular complexity index is 1820. The van der Waals surface area contributed by atoms with Crippen LogP contribution in [0.1, 0.15) is 24.0 Å². The first-order valence-electron chi connectivity index (χ1n) is 14.8. The van der Waals surface area contributed by atoms with Crippen LogP contribution in [0.4, 0.5) is 0 Å². The molecule has 1 aliphatic rings. The number of fused-ring (bicyclic) bond motifs is 1. The lowest BCUT2D eigenvalue weighted by molar-refractivity contribution is -0.221. The SMILES string of the molecule is CC(C(Cc1cccc2ccccc12)c1ccc(Oc2ccccc2)cc1)N(CC(=O)O)C(=O)C1OC(C(=O)O)(C(=O)O)OC1C(=O)O. The summed E-state index contributed by atoms with van der Waals surface area (Å²) in [5.74, 6) is -12.0. The summed E-state index contributed by atoms with van der Waals surface area (Å²) in [4.78, 5) is 62.8. The van der Waals surface area contributed by atoms with Crippen LogP contribution < -0.4 is 4.74 Å². The summed E-state index contributed by atoms with van der Waals surface area (Å²) in [5, 5.41) is 40.6. The number of benzene rings is 4. The average Bonchev–Trinajstić information content (AvgIpc) is 3.50. The van der Waals surface area contributed by atoms with Crippen molar-refractivity contribution in [3.05, 3.63) is 108 Å². The van der Waals surface area contributed by atoms with Gasteiger partial charge in [-0.2, -0.15) is 0 Å². The highest BCUT2D eigenvalue weighted by Gasteiger charge is 2.64. The summed E-state index contributed by atoms with van der Waals surface area (Å²) in [6, 6.07) is 28.4. The Labute approximate surface area is 273 Å². The van der Waals surface area contributed by atoms with Crippen molar-refractivity contribution in [2.45, 2.75) is 43.3 Å². The minimum absolute atomic E-state index is 0.281. The fourth-order valence-corrected chi connectivity index (χ4v) is 5.79. The molecule has 4 N–H and O–H groups in total. The monoisotopic (exact) mass is 657 g/mol. The Morgan fingerprint density at radius 3 is 1.96 bits per heavy atom. The van der Waals surface area contributed by atoms with E-state index in [-0.39, 0.29) is 6.42 Å². The molecule has 4 aromatic rings. The van der Waals surface area contributed by atoms with Gasteiger partial charge in [0, 0.05) is 12.0 Å². The lowest BCUT2D eigenvalue weighted by Gasteiger charge is -2.36. The van der Waals surface area contributed by atoms with Gasteiger partial charge in [-0.25, -0.2) is 14.4 Å². The van der Waals surface area contributed by atoms with E-state index in [4.69, 9.17) is 14.2 Å². The molecule has 13 nitrogen and oxygen atoms in total. The predicted octanol–water partition coefficient (Wildman–Crippen LogP) is 3.99. The molecule has 1 fully saturated rings. The molecule has 5 rings (SSSR count). The molecular formula is C35H31NO12. The van der Waals surface area contributed by atoms with Gasteiger partial charge in [0.15, 0.2) is 12.2 Å². The van der Waals surface area contributed by atoms with E-state index >= 15 is 0 Å². The van der Waals surface area contributed by atoms with Gasteiger partial charge < -0.3 is 39.5 Å². The van der Waals surface area contributed by atoms with Gasteiger partial charge in [-0.3, -0.25) is 9.59 Å². The lowest BCUT2D eigenvalue weighted by atomic mass is 9.84. The first-order valence-corrected chi connectivity index (χ1v) is 14.8. The quantitative estimate of drug-likeness (QED) is 0.151. The smallest absolute Gasteiger partial charge is 0.377 e. The summed E-state index contributed by atoms with van der Waals surface area (Å²) >= 11 is 0. The summed E-state index contributed by atoms with van der Waals surface area (Å²) in [6.07, 6.45) is -4.38. The fourth-order valence-electron chi connectivity index (χ4n) is 5.79. The van der Waals surface area contributed by atoms with Crippen molar-refractivity contribution < 1.29 is 58.6 Å². The number of hydrogen-bond acceptors (Lipinski definition) is 8. The molecule has 1 aliphatic heterocycles.